The minimum absolute atomic E-state index is 0.0867. The summed E-state index contributed by atoms with van der Waals surface area (Å²) in [5.41, 5.74) is 0.461. The largest absolute Gasteiger partial charge is 0.495 e. The standard InChI is InChI=1S/C31H28F3NO3/c1-37-29-25-10-6-5-9-22(25)13-17-26(29)30(36)35-27-19-23(31(32,33)34)14-18-28(27)38-24-15-11-21(12-16-24)20-7-3-2-4-8-20/h5-6,9-20H,2-4,7-8H2,1H3,(H,35,36). The Morgan fingerprint density at radius 2 is 1.63 bits per heavy atom. The average molecular weight is 520 g/mol. The number of benzene rings is 4. The Morgan fingerprint density at radius 1 is 0.895 bits per heavy atom. The van der Waals surface area contributed by atoms with Gasteiger partial charge in [-0.05, 0) is 66.1 Å². The molecule has 0 saturated heterocycles. The average Bonchev–Trinajstić information content (AvgIpc) is 2.93. The molecule has 196 valence electrons. The lowest BCUT2D eigenvalue weighted by molar-refractivity contribution is -0.137. The van der Waals surface area contributed by atoms with Crippen molar-refractivity contribution in [2.24, 2.45) is 0 Å². The number of carbonyl (C=O) groups excluding carboxylic acids is 1. The quantitative estimate of drug-likeness (QED) is 0.277. The molecular formula is C31H28F3NO3. The van der Waals surface area contributed by atoms with Gasteiger partial charge in [-0.25, -0.2) is 0 Å². The van der Waals surface area contributed by atoms with Gasteiger partial charge in [0.2, 0.25) is 0 Å². The maximum Gasteiger partial charge on any atom is 0.416 e. The van der Waals surface area contributed by atoms with Crippen molar-refractivity contribution in [2.45, 2.75) is 44.2 Å². The van der Waals surface area contributed by atoms with Crippen molar-refractivity contribution in [1.82, 2.24) is 0 Å². The summed E-state index contributed by atoms with van der Waals surface area (Å²) in [6.45, 7) is 0. The third-order valence-corrected chi connectivity index (χ3v) is 7.07. The molecule has 38 heavy (non-hydrogen) atoms. The molecule has 4 nitrogen and oxygen atoms in total. The van der Waals surface area contributed by atoms with Gasteiger partial charge in [0.25, 0.3) is 5.91 Å². The van der Waals surface area contributed by atoms with Gasteiger partial charge in [0.05, 0.1) is 23.9 Å². The van der Waals surface area contributed by atoms with Crippen molar-refractivity contribution in [2.75, 3.05) is 12.4 Å². The predicted octanol–water partition coefficient (Wildman–Crippen LogP) is 8.96. The lowest BCUT2D eigenvalue weighted by atomic mass is 9.84. The number of rotatable bonds is 6. The van der Waals surface area contributed by atoms with Crippen molar-refractivity contribution in [3.8, 4) is 17.2 Å². The first-order valence-corrected chi connectivity index (χ1v) is 12.7. The molecule has 7 heteroatoms. The fraction of sp³-hybridized carbons (Fsp3) is 0.258. The molecular weight excluding hydrogens is 491 g/mol. The minimum Gasteiger partial charge on any atom is -0.495 e. The summed E-state index contributed by atoms with van der Waals surface area (Å²) in [5, 5.41) is 4.22. The van der Waals surface area contributed by atoms with E-state index >= 15 is 0 Å². The molecule has 1 aliphatic rings. The highest BCUT2D eigenvalue weighted by atomic mass is 19.4. The van der Waals surface area contributed by atoms with Crippen LogP contribution in [0.4, 0.5) is 18.9 Å². The summed E-state index contributed by atoms with van der Waals surface area (Å²) in [4.78, 5) is 13.3. The molecule has 1 amide bonds. The SMILES string of the molecule is COc1c(C(=O)Nc2cc(C(F)(F)F)ccc2Oc2ccc(C3CCCCC3)cc2)ccc2ccccc12. The number of carbonyl (C=O) groups is 1. The summed E-state index contributed by atoms with van der Waals surface area (Å²) in [5.74, 6) is 0.841. The Kier molecular flexibility index (Phi) is 7.27. The zero-order chi connectivity index (χ0) is 26.7. The number of nitrogens with one attached hydrogen (secondary N) is 1. The van der Waals surface area contributed by atoms with Gasteiger partial charge in [0, 0.05) is 5.39 Å². The van der Waals surface area contributed by atoms with Crippen LogP contribution in [0.5, 0.6) is 17.2 Å². The maximum absolute atomic E-state index is 13.5. The van der Waals surface area contributed by atoms with Crippen LogP contribution in [-0.2, 0) is 6.18 Å². The Bertz CT molecular complexity index is 1440. The second kappa shape index (κ2) is 10.8. The molecule has 0 spiro atoms. The van der Waals surface area contributed by atoms with Gasteiger partial charge >= 0.3 is 6.18 Å². The van der Waals surface area contributed by atoms with Crippen molar-refractivity contribution in [3.63, 3.8) is 0 Å². The molecule has 0 radical (unpaired) electrons. The van der Waals surface area contributed by atoms with E-state index in [0.29, 0.717) is 17.4 Å². The molecule has 1 saturated carbocycles. The summed E-state index contributed by atoms with van der Waals surface area (Å²) in [6.07, 6.45) is 1.45. The van der Waals surface area contributed by atoms with E-state index in [1.165, 1.54) is 38.0 Å². The fourth-order valence-electron chi connectivity index (χ4n) is 5.10. The van der Waals surface area contributed by atoms with E-state index in [2.05, 4.69) is 5.32 Å². The van der Waals surface area contributed by atoms with E-state index in [1.807, 2.05) is 48.5 Å². The third kappa shape index (κ3) is 5.47. The highest BCUT2D eigenvalue weighted by Gasteiger charge is 2.32. The van der Waals surface area contributed by atoms with Crippen LogP contribution < -0.4 is 14.8 Å². The van der Waals surface area contributed by atoms with E-state index in [1.54, 1.807) is 12.1 Å². The summed E-state index contributed by atoms with van der Waals surface area (Å²) in [6, 6.07) is 21.5. The predicted molar refractivity (Wildman–Crippen MR) is 142 cm³/mol. The number of methoxy groups -OCH3 is 1. The lowest BCUT2D eigenvalue weighted by Crippen LogP contribution is -2.15. The van der Waals surface area contributed by atoms with Crippen molar-refractivity contribution in [1.29, 1.82) is 0 Å². The molecule has 4 aromatic rings. The Labute approximate surface area is 219 Å². The number of anilines is 1. The van der Waals surface area contributed by atoms with Crippen LogP contribution in [0.15, 0.2) is 78.9 Å². The normalized spacial score (nSPS) is 14.3. The second-order valence-electron chi connectivity index (χ2n) is 9.54. The molecule has 0 bridgehead atoms. The maximum atomic E-state index is 13.5. The third-order valence-electron chi connectivity index (χ3n) is 7.07. The lowest BCUT2D eigenvalue weighted by Gasteiger charge is -2.22. The van der Waals surface area contributed by atoms with Gasteiger partial charge < -0.3 is 14.8 Å². The molecule has 1 fully saturated rings. The minimum atomic E-state index is -4.58. The zero-order valence-corrected chi connectivity index (χ0v) is 21.0. The fourth-order valence-corrected chi connectivity index (χ4v) is 5.10. The molecule has 0 unspecified atom stereocenters. The first kappa shape index (κ1) is 25.6. The van der Waals surface area contributed by atoms with Crippen LogP contribution in [0.1, 0.15) is 59.5 Å². The van der Waals surface area contributed by atoms with Gasteiger partial charge in [-0.2, -0.15) is 13.2 Å². The van der Waals surface area contributed by atoms with Crippen LogP contribution in [0.3, 0.4) is 0 Å². The number of ether oxygens (including phenoxy) is 2. The Morgan fingerprint density at radius 3 is 2.34 bits per heavy atom. The van der Waals surface area contributed by atoms with Gasteiger partial charge in [0.1, 0.15) is 11.5 Å². The summed E-state index contributed by atoms with van der Waals surface area (Å²) < 4.78 is 52.1. The Balaban J connectivity index is 1.44. The van der Waals surface area contributed by atoms with E-state index in [0.717, 1.165) is 35.7 Å². The second-order valence-corrected chi connectivity index (χ2v) is 9.54. The van der Waals surface area contributed by atoms with E-state index in [9.17, 15) is 18.0 Å². The topological polar surface area (TPSA) is 47.6 Å². The van der Waals surface area contributed by atoms with Crippen molar-refractivity contribution < 1.29 is 27.4 Å². The molecule has 5 rings (SSSR count). The first-order chi connectivity index (χ1) is 18.3. The van der Waals surface area contributed by atoms with Crippen LogP contribution in [0.25, 0.3) is 10.8 Å². The highest BCUT2D eigenvalue weighted by molar-refractivity contribution is 6.10. The molecule has 4 aromatic carbocycles. The van der Waals surface area contributed by atoms with Gasteiger partial charge in [-0.3, -0.25) is 4.79 Å². The van der Waals surface area contributed by atoms with Crippen LogP contribution in [0, 0.1) is 0 Å². The first-order valence-electron chi connectivity index (χ1n) is 12.7. The number of halogens is 3. The number of fused-ring (bicyclic) bond motifs is 1. The molecule has 1 aliphatic carbocycles. The molecule has 0 heterocycles. The smallest absolute Gasteiger partial charge is 0.416 e. The van der Waals surface area contributed by atoms with Gasteiger partial charge in [-0.15, -0.1) is 0 Å². The molecule has 0 aromatic heterocycles. The summed E-state index contributed by atoms with van der Waals surface area (Å²) in [7, 11) is 1.45. The van der Waals surface area contributed by atoms with Crippen molar-refractivity contribution in [3.05, 3.63) is 95.6 Å². The molecule has 0 aliphatic heterocycles. The Hall–Kier alpha value is -4.00. The van der Waals surface area contributed by atoms with Crippen molar-refractivity contribution >= 4 is 22.4 Å². The number of hydrogen-bond donors (Lipinski definition) is 1. The zero-order valence-electron chi connectivity index (χ0n) is 21.0. The number of hydrogen-bond acceptors (Lipinski definition) is 3. The van der Waals surface area contributed by atoms with Crippen LogP contribution in [-0.4, -0.2) is 13.0 Å². The monoisotopic (exact) mass is 519 g/mol. The van der Waals surface area contributed by atoms with Crippen LogP contribution >= 0.6 is 0 Å². The summed E-state index contributed by atoms with van der Waals surface area (Å²) >= 11 is 0. The van der Waals surface area contributed by atoms with Gasteiger partial charge in [0.15, 0.2) is 5.75 Å². The molecule has 0 atom stereocenters. The molecule has 1 N–H and O–H groups in total. The van der Waals surface area contributed by atoms with E-state index in [4.69, 9.17) is 9.47 Å². The number of alkyl halides is 3. The van der Waals surface area contributed by atoms with E-state index in [-0.39, 0.29) is 17.0 Å². The highest BCUT2D eigenvalue weighted by Crippen LogP contribution is 2.39. The van der Waals surface area contributed by atoms with E-state index < -0.39 is 17.6 Å². The number of amides is 1. The van der Waals surface area contributed by atoms with Gasteiger partial charge in [-0.1, -0.05) is 61.7 Å². The van der Waals surface area contributed by atoms with Crippen LogP contribution in [0.2, 0.25) is 0 Å².